The van der Waals surface area contributed by atoms with Crippen LogP contribution >= 0.6 is 0 Å². The highest BCUT2D eigenvalue weighted by Crippen LogP contribution is 2.20. The molecule has 0 amide bonds. The molecule has 0 aliphatic carbocycles. The molecule has 7 rings (SSSR count). The van der Waals surface area contributed by atoms with E-state index < -0.39 is 22.2 Å². The Balaban J connectivity index is 1.24. The van der Waals surface area contributed by atoms with Crippen LogP contribution in [0.15, 0.2) is 92.2 Å². The summed E-state index contributed by atoms with van der Waals surface area (Å²) >= 11 is 0. The summed E-state index contributed by atoms with van der Waals surface area (Å²) in [6.07, 6.45) is 4.74. The molecule has 3 aromatic carbocycles. The number of aromatic nitrogens is 4. The van der Waals surface area contributed by atoms with Crippen molar-refractivity contribution in [1.29, 1.82) is 0 Å². The molecule has 186 valence electrons. The molecule has 4 aromatic heterocycles. The molecule has 7 aromatic rings. The van der Waals surface area contributed by atoms with E-state index in [2.05, 4.69) is 9.97 Å². The zero-order valence-electron chi connectivity index (χ0n) is 20.3. The number of nitrogens with one attached hydrogen (secondary N) is 2. The lowest BCUT2D eigenvalue weighted by Crippen LogP contribution is -2.27. The molecule has 0 unspecified atom stereocenters. The molecule has 38 heavy (non-hydrogen) atoms. The van der Waals surface area contributed by atoms with E-state index in [1.54, 1.807) is 0 Å². The fourth-order valence-electron chi connectivity index (χ4n) is 5.62. The number of aromatic amines is 2. The average molecular weight is 503 g/mol. The number of hydrogen-bond donors (Lipinski definition) is 2. The monoisotopic (exact) mass is 502 g/mol. The summed E-state index contributed by atoms with van der Waals surface area (Å²) in [6, 6.07) is 18.6. The topological polar surface area (TPSA) is 110 Å². The first-order valence-corrected chi connectivity index (χ1v) is 12.5. The van der Waals surface area contributed by atoms with E-state index in [-0.39, 0.29) is 34.6 Å². The number of aryl methyl sites for hydroxylation is 2. The number of H-pyrrole nitrogens is 2. The van der Waals surface area contributed by atoms with Crippen LogP contribution in [0.5, 0.6) is 0 Å². The zero-order valence-corrected chi connectivity index (χ0v) is 20.3. The minimum Gasteiger partial charge on any atom is -0.364 e. The molecule has 0 aliphatic heterocycles. The van der Waals surface area contributed by atoms with Crippen LogP contribution in [0.25, 0.3) is 43.1 Å². The number of benzene rings is 3. The van der Waals surface area contributed by atoms with Gasteiger partial charge in [-0.25, -0.2) is 0 Å². The maximum absolute atomic E-state index is 13.2. The lowest BCUT2D eigenvalue weighted by molar-refractivity contribution is 0.659. The van der Waals surface area contributed by atoms with Crippen molar-refractivity contribution < 1.29 is 0 Å². The van der Waals surface area contributed by atoms with Gasteiger partial charge in [-0.05, 0) is 22.9 Å². The molecule has 0 atom stereocenters. The van der Waals surface area contributed by atoms with Gasteiger partial charge in [0.05, 0.1) is 21.5 Å². The van der Waals surface area contributed by atoms with Crippen LogP contribution in [0, 0.1) is 0 Å². The molecule has 0 spiro atoms. The Kier molecular flexibility index (Phi) is 4.84. The van der Waals surface area contributed by atoms with Crippen LogP contribution in [0.3, 0.4) is 0 Å². The Hall–Kier alpha value is -4.98. The third-order valence-corrected chi connectivity index (χ3v) is 7.61. The molecule has 0 radical (unpaired) electrons. The van der Waals surface area contributed by atoms with Gasteiger partial charge in [-0.15, -0.1) is 0 Å². The van der Waals surface area contributed by atoms with Crippen molar-refractivity contribution in [3.05, 3.63) is 126 Å². The predicted molar refractivity (Wildman–Crippen MR) is 149 cm³/mol. The Morgan fingerprint density at radius 1 is 0.500 bits per heavy atom. The van der Waals surface area contributed by atoms with E-state index >= 15 is 0 Å². The summed E-state index contributed by atoms with van der Waals surface area (Å²) in [5, 5.41) is 4.90. The lowest BCUT2D eigenvalue weighted by atomic mass is 10.1. The van der Waals surface area contributed by atoms with Gasteiger partial charge < -0.3 is 9.97 Å². The van der Waals surface area contributed by atoms with Crippen molar-refractivity contribution in [3.63, 3.8) is 0 Å². The highest BCUT2D eigenvalue weighted by Gasteiger charge is 2.20. The zero-order chi connectivity index (χ0) is 26.0. The third kappa shape index (κ3) is 3.23. The van der Waals surface area contributed by atoms with E-state index in [4.69, 9.17) is 0 Å². The fraction of sp³-hybridized carbons (Fsp3) is 0.133. The van der Waals surface area contributed by atoms with Crippen molar-refractivity contribution in [3.8, 4) is 0 Å². The number of fused-ring (bicyclic) bond motifs is 4. The van der Waals surface area contributed by atoms with Gasteiger partial charge in [0.15, 0.2) is 0 Å². The van der Waals surface area contributed by atoms with Crippen LogP contribution in [-0.2, 0) is 25.9 Å². The van der Waals surface area contributed by atoms with Gasteiger partial charge in [0.2, 0.25) is 0 Å². The molecular weight excluding hydrogens is 480 g/mol. The van der Waals surface area contributed by atoms with Crippen molar-refractivity contribution in [1.82, 2.24) is 19.1 Å². The maximum atomic E-state index is 13.2. The highest BCUT2D eigenvalue weighted by atomic mass is 16.2. The SMILES string of the molecule is O=c1c2cc3c(=O)n(CCc4[nH]cc5ccccc45)c(=O)c3cc2c(=O)n1CCc1[nH]cc2ccccc12. The largest absolute Gasteiger partial charge is 0.364 e. The first kappa shape index (κ1) is 22.2. The van der Waals surface area contributed by atoms with Crippen LogP contribution in [-0.4, -0.2) is 19.1 Å². The Labute approximate surface area is 214 Å². The Morgan fingerprint density at radius 2 is 0.868 bits per heavy atom. The average Bonchev–Trinajstić information content (AvgIpc) is 3.66. The van der Waals surface area contributed by atoms with Crippen molar-refractivity contribution in [2.75, 3.05) is 0 Å². The first-order chi connectivity index (χ1) is 18.5. The van der Waals surface area contributed by atoms with Gasteiger partial charge in [-0.2, -0.15) is 0 Å². The van der Waals surface area contributed by atoms with E-state index in [1.807, 2.05) is 60.9 Å². The molecule has 4 heterocycles. The fourth-order valence-corrected chi connectivity index (χ4v) is 5.62. The Morgan fingerprint density at radius 3 is 1.26 bits per heavy atom. The molecule has 0 saturated heterocycles. The van der Waals surface area contributed by atoms with E-state index in [9.17, 15) is 19.2 Å². The summed E-state index contributed by atoms with van der Waals surface area (Å²) in [5.41, 5.74) is 0.104. The summed E-state index contributed by atoms with van der Waals surface area (Å²) in [4.78, 5) is 59.2. The van der Waals surface area contributed by atoms with E-state index in [1.165, 1.54) is 21.3 Å². The highest BCUT2D eigenvalue weighted by molar-refractivity contribution is 5.98. The minimum absolute atomic E-state index is 0.170. The molecule has 2 N–H and O–H groups in total. The maximum Gasteiger partial charge on any atom is 0.261 e. The second-order valence-electron chi connectivity index (χ2n) is 9.68. The second-order valence-corrected chi connectivity index (χ2v) is 9.68. The molecule has 0 bridgehead atoms. The van der Waals surface area contributed by atoms with Gasteiger partial charge in [0.1, 0.15) is 0 Å². The standard InChI is InChI=1S/C30H22N4O4/c35-27-21-13-23-24(30(38)34(29(23)37)12-10-26-20-8-4-2-6-18(20)16-32-26)14-22(21)28(36)33(27)11-9-25-19-7-3-1-5-17(19)15-31-25/h1-8,13-16,31-32H,9-12H2. The van der Waals surface area contributed by atoms with Gasteiger partial charge >= 0.3 is 0 Å². The summed E-state index contributed by atoms with van der Waals surface area (Å²) in [6.45, 7) is 0.388. The van der Waals surface area contributed by atoms with Crippen LogP contribution in [0.4, 0.5) is 0 Å². The molecular formula is C30H22N4O4. The Bertz CT molecular complexity index is 2000. The van der Waals surface area contributed by atoms with Crippen LogP contribution < -0.4 is 22.2 Å². The van der Waals surface area contributed by atoms with Crippen LogP contribution in [0.2, 0.25) is 0 Å². The minimum atomic E-state index is -0.444. The molecule has 8 heteroatoms. The summed E-state index contributed by atoms with van der Waals surface area (Å²) in [5.74, 6) is 0. The number of hydrogen-bond acceptors (Lipinski definition) is 4. The van der Waals surface area contributed by atoms with Gasteiger partial charge in [0.25, 0.3) is 22.2 Å². The molecule has 0 fully saturated rings. The van der Waals surface area contributed by atoms with Gasteiger partial charge in [0, 0.05) is 60.5 Å². The number of rotatable bonds is 6. The lowest BCUT2D eigenvalue weighted by Gasteiger charge is -2.01. The van der Waals surface area contributed by atoms with Crippen molar-refractivity contribution in [2.24, 2.45) is 0 Å². The summed E-state index contributed by atoms with van der Waals surface area (Å²) < 4.78 is 2.39. The van der Waals surface area contributed by atoms with Gasteiger partial charge in [-0.1, -0.05) is 48.5 Å². The third-order valence-electron chi connectivity index (χ3n) is 7.61. The van der Waals surface area contributed by atoms with E-state index in [0.29, 0.717) is 12.8 Å². The normalized spacial score (nSPS) is 12.0. The molecule has 0 aliphatic rings. The molecule has 8 nitrogen and oxygen atoms in total. The predicted octanol–water partition coefficient (Wildman–Crippen LogP) is 3.36. The first-order valence-electron chi connectivity index (χ1n) is 12.5. The van der Waals surface area contributed by atoms with Crippen LogP contribution in [0.1, 0.15) is 11.4 Å². The smallest absolute Gasteiger partial charge is 0.261 e. The second kappa shape index (κ2) is 8.27. The van der Waals surface area contributed by atoms with Crippen molar-refractivity contribution >= 4 is 43.1 Å². The van der Waals surface area contributed by atoms with Crippen molar-refractivity contribution in [2.45, 2.75) is 25.9 Å². The quantitative estimate of drug-likeness (QED) is 0.363. The molecule has 0 saturated carbocycles. The van der Waals surface area contributed by atoms with E-state index in [0.717, 1.165) is 32.9 Å². The number of nitrogens with zero attached hydrogens (tertiary/aromatic N) is 2. The summed E-state index contributed by atoms with van der Waals surface area (Å²) in [7, 11) is 0. The van der Waals surface area contributed by atoms with Gasteiger partial charge in [-0.3, -0.25) is 28.3 Å².